The number of aliphatic hydroxyl groups excluding tert-OH is 1. The number of sulfonamides is 1. The van der Waals surface area contributed by atoms with Crippen LogP contribution in [0.2, 0.25) is 0 Å². The summed E-state index contributed by atoms with van der Waals surface area (Å²) in [5.74, 6) is -0.664. The van der Waals surface area contributed by atoms with Crippen LogP contribution >= 0.6 is 0 Å². The van der Waals surface area contributed by atoms with Crippen LogP contribution in [-0.2, 0) is 21.3 Å². The van der Waals surface area contributed by atoms with E-state index in [2.05, 4.69) is 9.72 Å². The van der Waals surface area contributed by atoms with Gasteiger partial charge in [-0.05, 0) is 66.8 Å². The molecule has 0 aliphatic rings. The summed E-state index contributed by atoms with van der Waals surface area (Å²) in [7, 11) is -2.89. The van der Waals surface area contributed by atoms with Gasteiger partial charge < -0.3 is 14.8 Å². The molecule has 0 aliphatic heterocycles. The quantitative estimate of drug-likeness (QED) is 0.539. The molecular formula is C22H24N2O6S. The summed E-state index contributed by atoms with van der Waals surface area (Å²) in [4.78, 5) is 27.1. The van der Waals surface area contributed by atoms with Gasteiger partial charge in [-0.1, -0.05) is 6.07 Å². The van der Waals surface area contributed by atoms with Gasteiger partial charge in [-0.15, -0.1) is 0 Å². The molecule has 0 fully saturated rings. The fourth-order valence-electron chi connectivity index (χ4n) is 3.28. The molecule has 0 aliphatic carbocycles. The predicted molar refractivity (Wildman–Crippen MR) is 117 cm³/mol. The lowest BCUT2D eigenvalue weighted by Gasteiger charge is -2.21. The molecule has 164 valence electrons. The Balaban J connectivity index is 2.03. The molecule has 1 aromatic heterocycles. The molecule has 0 atom stereocenters. The van der Waals surface area contributed by atoms with Crippen LogP contribution in [0.3, 0.4) is 0 Å². The van der Waals surface area contributed by atoms with E-state index in [9.17, 15) is 23.1 Å². The summed E-state index contributed by atoms with van der Waals surface area (Å²) in [5.41, 5.74) is 2.67. The van der Waals surface area contributed by atoms with Crippen LogP contribution in [0, 0.1) is 13.8 Å². The van der Waals surface area contributed by atoms with Crippen LogP contribution in [0.1, 0.15) is 27.0 Å². The van der Waals surface area contributed by atoms with Crippen molar-refractivity contribution in [3.05, 3.63) is 75.1 Å². The molecule has 0 amide bonds. The molecule has 1 heterocycles. The van der Waals surface area contributed by atoms with Crippen molar-refractivity contribution in [2.45, 2.75) is 25.3 Å². The van der Waals surface area contributed by atoms with Crippen LogP contribution in [0.4, 0.5) is 0 Å². The van der Waals surface area contributed by atoms with Gasteiger partial charge in [0.25, 0.3) is 5.56 Å². The fraction of sp³-hybridized carbons (Fsp3) is 0.273. The van der Waals surface area contributed by atoms with E-state index in [1.807, 2.05) is 26.0 Å². The third kappa shape index (κ3) is 4.68. The van der Waals surface area contributed by atoms with E-state index in [1.54, 1.807) is 6.07 Å². The smallest absolute Gasteiger partial charge is 0.337 e. The summed E-state index contributed by atoms with van der Waals surface area (Å²) < 4.78 is 32.1. The van der Waals surface area contributed by atoms with Crippen molar-refractivity contribution in [1.29, 1.82) is 0 Å². The third-order valence-electron chi connectivity index (χ3n) is 5.12. The Labute approximate surface area is 180 Å². The molecule has 3 aromatic rings. The number of methoxy groups -OCH3 is 1. The first kappa shape index (κ1) is 22.7. The highest BCUT2D eigenvalue weighted by molar-refractivity contribution is 7.89. The molecule has 0 saturated heterocycles. The molecular weight excluding hydrogens is 420 g/mol. The Bertz CT molecular complexity index is 1300. The molecule has 31 heavy (non-hydrogen) atoms. The molecule has 3 rings (SSSR count). The Morgan fingerprint density at radius 1 is 1.13 bits per heavy atom. The highest BCUT2D eigenvalue weighted by Crippen LogP contribution is 2.21. The van der Waals surface area contributed by atoms with Gasteiger partial charge in [0.15, 0.2) is 0 Å². The number of pyridine rings is 1. The number of carbonyl (C=O) groups is 1. The second kappa shape index (κ2) is 9.01. The fourth-order valence-corrected chi connectivity index (χ4v) is 4.73. The number of aromatic nitrogens is 1. The monoisotopic (exact) mass is 444 g/mol. The predicted octanol–water partition coefficient (Wildman–Crippen LogP) is 2.11. The van der Waals surface area contributed by atoms with E-state index < -0.39 is 28.2 Å². The van der Waals surface area contributed by atoms with Crippen molar-refractivity contribution in [2.24, 2.45) is 0 Å². The molecule has 0 unspecified atom stereocenters. The summed E-state index contributed by atoms with van der Waals surface area (Å²) in [6.45, 7) is 3.02. The minimum Gasteiger partial charge on any atom is -0.465 e. The lowest BCUT2D eigenvalue weighted by molar-refractivity contribution is 0.0600. The second-order valence-electron chi connectivity index (χ2n) is 7.23. The minimum atomic E-state index is -4.10. The maximum absolute atomic E-state index is 13.2. The Morgan fingerprint density at radius 2 is 1.84 bits per heavy atom. The number of aliphatic hydroxyl groups is 1. The highest BCUT2D eigenvalue weighted by atomic mass is 32.2. The standard InChI is InChI=1S/C22H24N2O6S/c1-14-9-17-11-18(21(26)23-20(17)10-15(14)2)13-24(7-8-25)31(28,29)19-6-4-5-16(12-19)22(27)30-3/h4-6,9-12,25H,7-8,13H2,1-3H3,(H,23,26). The van der Waals surface area contributed by atoms with Crippen molar-refractivity contribution in [1.82, 2.24) is 9.29 Å². The first-order valence-corrected chi connectivity index (χ1v) is 11.0. The molecule has 8 nitrogen and oxygen atoms in total. The number of H-pyrrole nitrogens is 1. The van der Waals surface area contributed by atoms with Crippen LogP contribution < -0.4 is 5.56 Å². The number of esters is 1. The Hall–Kier alpha value is -3.01. The number of fused-ring (bicyclic) bond motifs is 1. The van der Waals surface area contributed by atoms with Gasteiger partial charge >= 0.3 is 5.97 Å². The zero-order valence-corrected chi connectivity index (χ0v) is 18.3. The topological polar surface area (TPSA) is 117 Å². The van der Waals surface area contributed by atoms with Gasteiger partial charge in [-0.3, -0.25) is 4.79 Å². The van der Waals surface area contributed by atoms with Gasteiger partial charge in [-0.2, -0.15) is 4.31 Å². The van der Waals surface area contributed by atoms with E-state index in [0.29, 0.717) is 5.52 Å². The van der Waals surface area contributed by atoms with Gasteiger partial charge in [0, 0.05) is 24.2 Å². The molecule has 0 radical (unpaired) electrons. The van der Waals surface area contributed by atoms with Gasteiger partial charge in [0.2, 0.25) is 10.0 Å². The summed E-state index contributed by atoms with van der Waals surface area (Å²) in [5, 5.41) is 10.2. The number of rotatable bonds is 7. The van der Waals surface area contributed by atoms with Crippen molar-refractivity contribution >= 4 is 26.9 Å². The Kier molecular flexibility index (Phi) is 6.59. The number of carbonyl (C=O) groups excluding carboxylic acids is 1. The molecule has 9 heteroatoms. The number of aryl methyl sites for hydroxylation is 2. The van der Waals surface area contributed by atoms with E-state index >= 15 is 0 Å². The van der Waals surface area contributed by atoms with Crippen LogP contribution in [-0.4, -0.2) is 49.0 Å². The first-order chi connectivity index (χ1) is 14.7. The number of aromatic amines is 1. The SMILES string of the molecule is COC(=O)c1cccc(S(=O)(=O)N(CCO)Cc2cc3cc(C)c(C)cc3[nH]c2=O)c1. The maximum Gasteiger partial charge on any atom is 0.337 e. The molecule has 0 saturated carbocycles. The minimum absolute atomic E-state index is 0.0851. The number of hydrogen-bond donors (Lipinski definition) is 2. The van der Waals surface area contributed by atoms with Gasteiger partial charge in [0.05, 0.1) is 24.2 Å². The zero-order valence-electron chi connectivity index (χ0n) is 17.5. The van der Waals surface area contributed by atoms with Crippen molar-refractivity contribution in [3.8, 4) is 0 Å². The number of ether oxygens (including phenoxy) is 1. The molecule has 0 bridgehead atoms. The molecule has 0 spiro atoms. The zero-order chi connectivity index (χ0) is 22.8. The maximum atomic E-state index is 13.2. The highest BCUT2D eigenvalue weighted by Gasteiger charge is 2.26. The number of nitrogens with zero attached hydrogens (tertiary/aromatic N) is 1. The third-order valence-corrected chi connectivity index (χ3v) is 6.97. The van der Waals surface area contributed by atoms with E-state index in [4.69, 9.17) is 0 Å². The van der Waals surface area contributed by atoms with E-state index in [-0.39, 0.29) is 29.1 Å². The summed E-state index contributed by atoms with van der Waals surface area (Å²) >= 11 is 0. The average molecular weight is 445 g/mol. The first-order valence-electron chi connectivity index (χ1n) is 9.60. The van der Waals surface area contributed by atoms with Gasteiger partial charge in [0.1, 0.15) is 0 Å². The van der Waals surface area contributed by atoms with Crippen LogP contribution in [0.25, 0.3) is 10.9 Å². The van der Waals surface area contributed by atoms with Crippen molar-refractivity contribution < 1.29 is 23.1 Å². The lowest BCUT2D eigenvalue weighted by atomic mass is 10.1. The van der Waals surface area contributed by atoms with E-state index in [1.165, 1.54) is 31.4 Å². The number of benzene rings is 2. The summed E-state index contributed by atoms with van der Waals surface area (Å²) in [6, 6.07) is 10.9. The largest absolute Gasteiger partial charge is 0.465 e. The normalized spacial score (nSPS) is 11.8. The van der Waals surface area contributed by atoms with Gasteiger partial charge in [-0.25, -0.2) is 13.2 Å². The van der Waals surface area contributed by atoms with E-state index in [0.717, 1.165) is 20.8 Å². The lowest BCUT2D eigenvalue weighted by Crippen LogP contribution is -2.35. The second-order valence-corrected chi connectivity index (χ2v) is 9.17. The Morgan fingerprint density at radius 3 is 2.52 bits per heavy atom. The van der Waals surface area contributed by atoms with Crippen LogP contribution in [0.5, 0.6) is 0 Å². The molecule has 2 N–H and O–H groups in total. The number of hydrogen-bond acceptors (Lipinski definition) is 6. The average Bonchev–Trinajstić information content (AvgIpc) is 2.74. The number of nitrogens with one attached hydrogen (secondary N) is 1. The van der Waals surface area contributed by atoms with Crippen molar-refractivity contribution in [2.75, 3.05) is 20.3 Å². The van der Waals surface area contributed by atoms with Crippen molar-refractivity contribution in [3.63, 3.8) is 0 Å². The summed E-state index contributed by atoms with van der Waals surface area (Å²) in [6.07, 6.45) is 0. The molecule has 2 aromatic carbocycles. The van der Waals surface area contributed by atoms with Crippen LogP contribution in [0.15, 0.2) is 52.2 Å².